The van der Waals surface area contributed by atoms with Crippen LogP contribution in [0.15, 0.2) is 41.3 Å². The van der Waals surface area contributed by atoms with E-state index in [1.165, 1.54) is 5.56 Å². The molecule has 0 saturated carbocycles. The van der Waals surface area contributed by atoms with E-state index in [0.717, 1.165) is 40.7 Å². The first kappa shape index (κ1) is 22.1. The molecule has 6 nitrogen and oxygen atoms in total. The molecule has 29 heavy (non-hydrogen) atoms. The Hall–Kier alpha value is -1.60. The lowest BCUT2D eigenvalue weighted by Crippen LogP contribution is -2.36. The first-order valence-electron chi connectivity index (χ1n) is 8.45. The second-order valence-corrected chi connectivity index (χ2v) is 9.64. The van der Waals surface area contributed by atoms with Gasteiger partial charge in [-0.25, -0.2) is 0 Å². The molecule has 0 atom stereocenters. The van der Waals surface area contributed by atoms with Crippen LogP contribution in [0.3, 0.4) is 0 Å². The number of carbonyl (C=O) groups is 3. The molecule has 1 aliphatic heterocycles. The molecular formula is C20H16I2N2O4S. The first-order chi connectivity index (χ1) is 13.7. The lowest BCUT2D eigenvalue weighted by atomic mass is 10.1. The first-order valence-corrected chi connectivity index (χ1v) is 11.4. The molecule has 3 rings (SSSR count). The fourth-order valence-corrected chi connectivity index (χ4v) is 5.55. The molecule has 150 valence electrons. The minimum Gasteiger partial charge on any atom is -0.487 e. The van der Waals surface area contributed by atoms with Crippen molar-refractivity contribution in [3.8, 4) is 5.75 Å². The SMILES string of the molecule is Cc1ccc(COc2c(I)cc(/C=C3\SC(=O)N(CC(N)=O)C3=O)cc2I)cc1. The number of rotatable bonds is 6. The quantitative estimate of drug-likeness (QED) is 0.379. The van der Waals surface area contributed by atoms with Gasteiger partial charge < -0.3 is 10.5 Å². The van der Waals surface area contributed by atoms with E-state index in [-0.39, 0.29) is 4.91 Å². The number of amides is 3. The number of benzene rings is 2. The van der Waals surface area contributed by atoms with Crippen LogP contribution in [0.5, 0.6) is 5.75 Å². The van der Waals surface area contributed by atoms with E-state index in [9.17, 15) is 14.4 Å². The van der Waals surface area contributed by atoms with E-state index in [1.54, 1.807) is 6.08 Å². The van der Waals surface area contributed by atoms with Gasteiger partial charge in [-0.15, -0.1) is 0 Å². The van der Waals surface area contributed by atoms with Gasteiger partial charge in [0.2, 0.25) is 5.91 Å². The average Bonchev–Trinajstić information content (AvgIpc) is 2.89. The minimum absolute atomic E-state index is 0.260. The number of aryl methyl sites for hydroxylation is 1. The van der Waals surface area contributed by atoms with Crippen molar-refractivity contribution in [2.45, 2.75) is 13.5 Å². The fraction of sp³-hybridized carbons (Fsp3) is 0.150. The molecular weight excluding hydrogens is 618 g/mol. The molecule has 0 unspecified atom stereocenters. The van der Waals surface area contributed by atoms with Gasteiger partial charge in [-0.2, -0.15) is 0 Å². The van der Waals surface area contributed by atoms with Crippen molar-refractivity contribution >= 4 is 80.1 Å². The van der Waals surface area contributed by atoms with Crippen molar-refractivity contribution in [1.29, 1.82) is 0 Å². The minimum atomic E-state index is -0.729. The molecule has 3 amide bonds. The average molecular weight is 634 g/mol. The van der Waals surface area contributed by atoms with Crippen molar-refractivity contribution < 1.29 is 19.1 Å². The molecule has 2 aromatic rings. The number of hydrogen-bond donors (Lipinski definition) is 1. The Morgan fingerprint density at radius 3 is 2.38 bits per heavy atom. The number of hydrogen-bond acceptors (Lipinski definition) is 5. The van der Waals surface area contributed by atoms with Gasteiger partial charge in [-0.1, -0.05) is 29.8 Å². The molecule has 0 bridgehead atoms. The summed E-state index contributed by atoms with van der Waals surface area (Å²) in [5.41, 5.74) is 8.14. The summed E-state index contributed by atoms with van der Waals surface area (Å²) in [5, 5.41) is -0.498. The van der Waals surface area contributed by atoms with Gasteiger partial charge in [0.15, 0.2) is 0 Å². The monoisotopic (exact) mass is 634 g/mol. The van der Waals surface area contributed by atoms with E-state index in [0.29, 0.717) is 6.61 Å². The summed E-state index contributed by atoms with van der Waals surface area (Å²) in [6.45, 7) is 2.08. The van der Waals surface area contributed by atoms with Gasteiger partial charge in [0.25, 0.3) is 11.1 Å². The summed E-state index contributed by atoms with van der Waals surface area (Å²) in [7, 11) is 0. The van der Waals surface area contributed by atoms with E-state index >= 15 is 0 Å². The number of nitrogens with two attached hydrogens (primary N) is 1. The summed E-state index contributed by atoms with van der Waals surface area (Å²) in [6, 6.07) is 11.9. The number of nitrogens with zero attached hydrogens (tertiary/aromatic N) is 1. The Labute approximate surface area is 199 Å². The summed E-state index contributed by atoms with van der Waals surface area (Å²) >= 11 is 5.17. The molecule has 1 saturated heterocycles. The standard InChI is InChI=1S/C20H16I2N2O4S/c1-11-2-4-12(5-3-11)10-28-18-14(21)6-13(7-15(18)22)8-16-19(26)24(9-17(23)25)20(27)29-16/h2-8H,9-10H2,1H3,(H2,23,25)/b16-8-. The molecule has 1 aliphatic rings. The van der Waals surface area contributed by atoms with E-state index < -0.39 is 23.6 Å². The second-order valence-electron chi connectivity index (χ2n) is 6.32. The molecule has 0 radical (unpaired) electrons. The summed E-state index contributed by atoms with van der Waals surface area (Å²) < 4.78 is 7.78. The number of ether oxygens (including phenoxy) is 1. The van der Waals surface area contributed by atoms with Gasteiger partial charge in [-0.3, -0.25) is 19.3 Å². The van der Waals surface area contributed by atoms with E-state index in [2.05, 4.69) is 45.2 Å². The van der Waals surface area contributed by atoms with Crippen LogP contribution in [0.4, 0.5) is 4.79 Å². The summed E-state index contributed by atoms with van der Waals surface area (Å²) in [5.74, 6) is -0.470. The molecule has 1 fully saturated rings. The zero-order valence-corrected chi connectivity index (χ0v) is 20.4. The van der Waals surface area contributed by atoms with Crippen LogP contribution in [-0.4, -0.2) is 28.5 Å². The van der Waals surface area contributed by atoms with E-state index in [1.807, 2.05) is 43.3 Å². The van der Waals surface area contributed by atoms with Gasteiger partial charge in [0, 0.05) is 0 Å². The molecule has 2 aromatic carbocycles. The highest BCUT2D eigenvalue weighted by atomic mass is 127. The molecule has 1 heterocycles. The maximum atomic E-state index is 12.4. The number of thioether (sulfide) groups is 1. The second kappa shape index (κ2) is 9.47. The van der Waals surface area contributed by atoms with Crippen molar-refractivity contribution in [1.82, 2.24) is 4.90 Å². The highest BCUT2D eigenvalue weighted by Crippen LogP contribution is 2.35. The van der Waals surface area contributed by atoms with Crippen molar-refractivity contribution in [2.24, 2.45) is 5.73 Å². The Morgan fingerprint density at radius 1 is 1.17 bits per heavy atom. The number of imide groups is 1. The predicted molar refractivity (Wildman–Crippen MR) is 129 cm³/mol. The van der Waals surface area contributed by atoms with Crippen molar-refractivity contribution in [2.75, 3.05) is 6.54 Å². The lowest BCUT2D eigenvalue weighted by molar-refractivity contribution is -0.127. The third-order valence-corrected chi connectivity index (χ3v) is 6.52. The Kier molecular flexibility index (Phi) is 7.22. The van der Waals surface area contributed by atoms with Crippen LogP contribution in [0, 0.1) is 14.1 Å². The number of carbonyl (C=O) groups excluding carboxylic acids is 3. The van der Waals surface area contributed by atoms with Crippen LogP contribution in [0.25, 0.3) is 6.08 Å². The zero-order valence-electron chi connectivity index (χ0n) is 15.3. The highest BCUT2D eigenvalue weighted by Gasteiger charge is 2.35. The Morgan fingerprint density at radius 2 is 1.79 bits per heavy atom. The summed E-state index contributed by atoms with van der Waals surface area (Å²) in [4.78, 5) is 36.5. The maximum Gasteiger partial charge on any atom is 0.294 e. The van der Waals surface area contributed by atoms with E-state index in [4.69, 9.17) is 10.5 Å². The Bertz CT molecular complexity index is 999. The third kappa shape index (κ3) is 5.51. The molecule has 2 N–H and O–H groups in total. The molecule has 0 aromatic heterocycles. The molecule has 0 aliphatic carbocycles. The predicted octanol–water partition coefficient (Wildman–Crippen LogP) is 4.30. The molecule has 0 spiro atoms. The number of halogens is 2. The van der Waals surface area contributed by atoms with Gasteiger partial charge >= 0.3 is 0 Å². The van der Waals surface area contributed by atoms with Gasteiger partial charge in [-0.05, 0) is 93.2 Å². The van der Waals surface area contributed by atoms with Crippen molar-refractivity contribution in [3.05, 3.63) is 65.1 Å². The number of primary amides is 1. The highest BCUT2D eigenvalue weighted by molar-refractivity contribution is 14.1. The smallest absolute Gasteiger partial charge is 0.294 e. The zero-order chi connectivity index (χ0) is 21.1. The van der Waals surface area contributed by atoms with Crippen molar-refractivity contribution in [3.63, 3.8) is 0 Å². The van der Waals surface area contributed by atoms with Gasteiger partial charge in [0.05, 0.1) is 12.0 Å². The van der Waals surface area contributed by atoms with Crippen LogP contribution < -0.4 is 10.5 Å². The fourth-order valence-electron chi connectivity index (χ4n) is 2.58. The van der Waals surface area contributed by atoms with Crippen LogP contribution in [0.2, 0.25) is 0 Å². The largest absolute Gasteiger partial charge is 0.487 e. The van der Waals surface area contributed by atoms with Gasteiger partial charge in [0.1, 0.15) is 18.9 Å². The topological polar surface area (TPSA) is 89.7 Å². The molecule has 9 heteroatoms. The normalized spacial score (nSPS) is 15.3. The summed E-state index contributed by atoms with van der Waals surface area (Å²) in [6.07, 6.45) is 1.64. The van der Waals surface area contributed by atoms with Crippen LogP contribution in [-0.2, 0) is 16.2 Å². The maximum absolute atomic E-state index is 12.4. The Balaban J connectivity index is 1.77. The lowest BCUT2D eigenvalue weighted by Gasteiger charge is -2.12. The van der Waals surface area contributed by atoms with Crippen LogP contribution in [0.1, 0.15) is 16.7 Å². The third-order valence-electron chi connectivity index (χ3n) is 4.01. The van der Waals surface area contributed by atoms with Crippen LogP contribution >= 0.6 is 56.9 Å².